The molecule has 0 amide bonds. The van der Waals surface area contributed by atoms with Crippen molar-refractivity contribution in [2.45, 2.75) is 63.1 Å². The van der Waals surface area contributed by atoms with Gasteiger partial charge in [0.05, 0.1) is 26.4 Å². The summed E-state index contributed by atoms with van der Waals surface area (Å²) in [4.78, 5) is 0. The highest BCUT2D eigenvalue weighted by Crippen LogP contribution is 2.34. The van der Waals surface area contributed by atoms with E-state index in [-0.39, 0.29) is 0 Å². The van der Waals surface area contributed by atoms with Gasteiger partial charge in [0.2, 0.25) is 0 Å². The van der Waals surface area contributed by atoms with Crippen LogP contribution in [0.5, 0.6) is 0 Å². The Balaban J connectivity index is 1.45. The van der Waals surface area contributed by atoms with Crippen molar-refractivity contribution in [2.75, 3.05) is 7.11 Å². The fourth-order valence-electron chi connectivity index (χ4n) is 5.24. The summed E-state index contributed by atoms with van der Waals surface area (Å²) in [5, 5.41) is 11.7. The molecule has 6 atom stereocenters. The summed E-state index contributed by atoms with van der Waals surface area (Å²) in [5.74, 6) is 0. The molecule has 6 heteroatoms. The van der Waals surface area contributed by atoms with Crippen molar-refractivity contribution in [3.05, 3.63) is 144 Å². The standard InChI is InChI=1S/C35H38O6/c1-37-31-30(36)32(38-22-26-14-6-2-7-15-26)34(40-24-28-18-10-4-11-19-28)35(41-25-29-20-12-5-13-21-29)33(31)39-23-27-16-8-3-9-17-27/h2-21,30-36H,22-25H2,1H3/t30-,31+,32+,33+,34-,35-/m0/s1. The van der Waals surface area contributed by atoms with Crippen molar-refractivity contribution >= 4 is 0 Å². The highest BCUT2D eigenvalue weighted by atomic mass is 16.6. The topological polar surface area (TPSA) is 66.4 Å². The summed E-state index contributed by atoms with van der Waals surface area (Å²) in [6, 6.07) is 39.8. The fourth-order valence-corrected chi connectivity index (χ4v) is 5.24. The Labute approximate surface area is 242 Å². The Morgan fingerprint density at radius 2 is 0.683 bits per heavy atom. The molecule has 1 N–H and O–H groups in total. The quantitative estimate of drug-likeness (QED) is 0.228. The van der Waals surface area contributed by atoms with E-state index in [1.54, 1.807) is 7.11 Å². The van der Waals surface area contributed by atoms with Gasteiger partial charge >= 0.3 is 0 Å². The molecule has 0 unspecified atom stereocenters. The molecule has 0 radical (unpaired) electrons. The van der Waals surface area contributed by atoms with Gasteiger partial charge in [-0.1, -0.05) is 121 Å². The van der Waals surface area contributed by atoms with Gasteiger partial charge in [0.1, 0.15) is 36.6 Å². The molecule has 0 aromatic heterocycles. The SMILES string of the molecule is CO[C@@H]1[C@H](O)[C@@H](OCc2ccccc2)[C@H](OCc2ccccc2)[C@@H](OCc2ccccc2)[C@@H]1OCc1ccccc1. The van der Waals surface area contributed by atoms with Crippen molar-refractivity contribution < 1.29 is 28.8 Å². The summed E-state index contributed by atoms with van der Waals surface area (Å²) >= 11 is 0. The van der Waals surface area contributed by atoms with E-state index in [1.807, 2.05) is 121 Å². The Morgan fingerprint density at radius 1 is 0.415 bits per heavy atom. The molecule has 0 saturated heterocycles. The Hall–Kier alpha value is -3.36. The zero-order chi connectivity index (χ0) is 28.3. The molecule has 0 heterocycles. The lowest BCUT2D eigenvalue weighted by atomic mass is 9.83. The summed E-state index contributed by atoms with van der Waals surface area (Å²) in [6.45, 7) is 1.33. The van der Waals surface area contributed by atoms with Crippen LogP contribution in [0.4, 0.5) is 0 Å². The zero-order valence-corrected chi connectivity index (χ0v) is 23.3. The van der Waals surface area contributed by atoms with Gasteiger partial charge in [-0.3, -0.25) is 0 Å². The second kappa shape index (κ2) is 15.0. The van der Waals surface area contributed by atoms with Crippen LogP contribution in [0.3, 0.4) is 0 Å². The van der Waals surface area contributed by atoms with Gasteiger partial charge in [-0.25, -0.2) is 0 Å². The molecule has 1 fully saturated rings. The predicted octanol–water partition coefficient (Wildman–Crippen LogP) is 5.72. The molecule has 0 spiro atoms. The van der Waals surface area contributed by atoms with Crippen LogP contribution in [-0.2, 0) is 50.1 Å². The maximum Gasteiger partial charge on any atom is 0.116 e. The van der Waals surface area contributed by atoms with E-state index in [9.17, 15) is 5.11 Å². The normalized spacial score (nSPS) is 24.2. The van der Waals surface area contributed by atoms with E-state index in [0.717, 1.165) is 22.3 Å². The lowest BCUT2D eigenvalue weighted by Crippen LogP contribution is -2.66. The van der Waals surface area contributed by atoms with E-state index < -0.39 is 36.6 Å². The van der Waals surface area contributed by atoms with Gasteiger partial charge in [-0.15, -0.1) is 0 Å². The van der Waals surface area contributed by atoms with E-state index in [1.165, 1.54) is 0 Å². The molecule has 5 rings (SSSR count). The van der Waals surface area contributed by atoms with Crippen LogP contribution in [0.15, 0.2) is 121 Å². The van der Waals surface area contributed by atoms with Crippen LogP contribution >= 0.6 is 0 Å². The first kappa shape index (κ1) is 29.1. The van der Waals surface area contributed by atoms with E-state index in [2.05, 4.69) is 0 Å². The van der Waals surface area contributed by atoms with Gasteiger partial charge in [0, 0.05) is 7.11 Å². The minimum atomic E-state index is -1.01. The van der Waals surface area contributed by atoms with E-state index in [4.69, 9.17) is 23.7 Å². The molecule has 6 nitrogen and oxygen atoms in total. The smallest absolute Gasteiger partial charge is 0.116 e. The van der Waals surface area contributed by atoms with Crippen LogP contribution in [0.25, 0.3) is 0 Å². The molecule has 1 aliphatic rings. The Morgan fingerprint density at radius 3 is 1.00 bits per heavy atom. The molecule has 4 aromatic carbocycles. The molecule has 214 valence electrons. The maximum atomic E-state index is 11.7. The van der Waals surface area contributed by atoms with Crippen molar-refractivity contribution in [3.63, 3.8) is 0 Å². The van der Waals surface area contributed by atoms with Crippen molar-refractivity contribution in [1.82, 2.24) is 0 Å². The zero-order valence-electron chi connectivity index (χ0n) is 23.3. The van der Waals surface area contributed by atoms with Gasteiger partial charge in [-0.2, -0.15) is 0 Å². The highest BCUT2D eigenvalue weighted by Gasteiger charge is 2.53. The summed E-state index contributed by atoms with van der Waals surface area (Å²) in [7, 11) is 1.58. The number of ether oxygens (including phenoxy) is 5. The third-order valence-corrected chi connectivity index (χ3v) is 7.38. The average Bonchev–Trinajstić information content (AvgIpc) is 3.03. The van der Waals surface area contributed by atoms with Crippen molar-refractivity contribution in [1.29, 1.82) is 0 Å². The first-order valence-corrected chi connectivity index (χ1v) is 14.1. The van der Waals surface area contributed by atoms with Crippen molar-refractivity contribution in [2.24, 2.45) is 0 Å². The predicted molar refractivity (Wildman–Crippen MR) is 157 cm³/mol. The summed E-state index contributed by atoms with van der Waals surface area (Å²) in [5.41, 5.74) is 4.06. The largest absolute Gasteiger partial charge is 0.387 e. The van der Waals surface area contributed by atoms with Crippen LogP contribution in [-0.4, -0.2) is 48.8 Å². The highest BCUT2D eigenvalue weighted by molar-refractivity contribution is 5.17. The molecule has 41 heavy (non-hydrogen) atoms. The maximum absolute atomic E-state index is 11.7. The lowest BCUT2D eigenvalue weighted by molar-refractivity contribution is -0.277. The van der Waals surface area contributed by atoms with Gasteiger partial charge in [-0.05, 0) is 22.3 Å². The second-order valence-corrected chi connectivity index (χ2v) is 10.2. The molecule has 1 saturated carbocycles. The lowest BCUT2D eigenvalue weighted by Gasteiger charge is -2.48. The molecular weight excluding hydrogens is 516 g/mol. The third-order valence-electron chi connectivity index (χ3n) is 7.38. The van der Waals surface area contributed by atoms with Crippen molar-refractivity contribution in [3.8, 4) is 0 Å². The van der Waals surface area contributed by atoms with Gasteiger partial charge in [0.15, 0.2) is 0 Å². The Kier molecular flexibility index (Phi) is 10.7. The summed E-state index contributed by atoms with van der Waals surface area (Å²) < 4.78 is 32.0. The van der Waals surface area contributed by atoms with Gasteiger partial charge < -0.3 is 28.8 Å². The molecule has 4 aromatic rings. The number of benzene rings is 4. The van der Waals surface area contributed by atoms with Crippen LogP contribution < -0.4 is 0 Å². The fraction of sp³-hybridized carbons (Fsp3) is 0.314. The number of hydrogen-bond donors (Lipinski definition) is 1. The molecule has 0 aliphatic heterocycles. The average molecular weight is 555 g/mol. The summed E-state index contributed by atoms with van der Waals surface area (Å²) in [6.07, 6.45) is -4.27. The number of methoxy groups -OCH3 is 1. The van der Waals surface area contributed by atoms with Crippen LogP contribution in [0.2, 0.25) is 0 Å². The number of hydrogen-bond acceptors (Lipinski definition) is 6. The number of aliphatic hydroxyl groups is 1. The third kappa shape index (κ3) is 7.89. The number of aliphatic hydroxyl groups excluding tert-OH is 1. The van der Waals surface area contributed by atoms with Crippen LogP contribution in [0, 0.1) is 0 Å². The molecule has 1 aliphatic carbocycles. The molecular formula is C35H38O6. The minimum Gasteiger partial charge on any atom is -0.387 e. The monoisotopic (exact) mass is 554 g/mol. The first-order chi connectivity index (χ1) is 20.2. The van der Waals surface area contributed by atoms with E-state index in [0.29, 0.717) is 26.4 Å². The number of rotatable bonds is 13. The Bertz CT molecular complexity index is 1270. The van der Waals surface area contributed by atoms with Gasteiger partial charge in [0.25, 0.3) is 0 Å². The first-order valence-electron chi connectivity index (χ1n) is 14.1. The molecule has 0 bridgehead atoms. The van der Waals surface area contributed by atoms with Crippen LogP contribution in [0.1, 0.15) is 22.3 Å². The second-order valence-electron chi connectivity index (χ2n) is 10.2. The minimum absolute atomic E-state index is 0.311. The van der Waals surface area contributed by atoms with E-state index >= 15 is 0 Å².